The molecule has 0 saturated heterocycles. The summed E-state index contributed by atoms with van der Waals surface area (Å²) in [7, 11) is 0. The lowest BCUT2D eigenvalue weighted by Gasteiger charge is -2.20. The van der Waals surface area contributed by atoms with Gasteiger partial charge in [-0.25, -0.2) is 0 Å². The van der Waals surface area contributed by atoms with Gasteiger partial charge < -0.3 is 19.4 Å². The molecule has 0 heterocycles. The minimum absolute atomic E-state index is 0.108. The van der Waals surface area contributed by atoms with Gasteiger partial charge in [0.15, 0.2) is 0 Å². The van der Waals surface area contributed by atoms with E-state index in [1.165, 1.54) is 12.5 Å². The number of hydrogen-bond acceptors (Lipinski definition) is 4. The van der Waals surface area contributed by atoms with Crippen molar-refractivity contribution in [1.82, 2.24) is 0 Å². The molecule has 0 radical (unpaired) electrons. The van der Waals surface area contributed by atoms with Gasteiger partial charge in [-0.1, -0.05) is 27.7 Å². The van der Waals surface area contributed by atoms with E-state index in [9.17, 15) is 4.79 Å². The molecule has 0 aromatic rings. The van der Waals surface area contributed by atoms with E-state index in [4.69, 9.17) is 14.6 Å². The van der Waals surface area contributed by atoms with Crippen LogP contribution in [0.25, 0.3) is 0 Å². The van der Waals surface area contributed by atoms with Crippen molar-refractivity contribution in [1.29, 1.82) is 0 Å². The summed E-state index contributed by atoms with van der Waals surface area (Å²) in [5.74, 6) is 0. The molecule has 0 aromatic heterocycles. The molecule has 0 fully saturated rings. The first-order valence-electron chi connectivity index (χ1n) is 6.28. The third-order valence-electron chi connectivity index (χ3n) is 2.76. The van der Waals surface area contributed by atoms with Crippen LogP contribution in [-0.2, 0) is 14.3 Å². The standard InChI is InChI=1S/C14H26O4/c1-13(2,11-15)5-7-17-9-10-18-8-6-14(3,4)12-16/h9-11,16H,5-8,12H2,1-4H3/b10-9+. The molecule has 0 unspecified atom stereocenters. The fourth-order valence-corrected chi connectivity index (χ4v) is 1.01. The van der Waals surface area contributed by atoms with Crippen LogP contribution in [-0.4, -0.2) is 31.2 Å². The van der Waals surface area contributed by atoms with Gasteiger partial charge in [0.05, 0.1) is 13.2 Å². The molecule has 0 aliphatic rings. The van der Waals surface area contributed by atoms with E-state index in [-0.39, 0.29) is 17.4 Å². The molecule has 0 bridgehead atoms. The second-order valence-corrected chi connectivity index (χ2v) is 5.94. The second-order valence-electron chi connectivity index (χ2n) is 5.94. The van der Waals surface area contributed by atoms with Crippen LogP contribution in [0.2, 0.25) is 0 Å². The van der Waals surface area contributed by atoms with Crippen LogP contribution in [0.15, 0.2) is 12.5 Å². The highest BCUT2D eigenvalue weighted by Crippen LogP contribution is 2.18. The minimum atomic E-state index is -0.333. The zero-order chi connectivity index (χ0) is 14.1. The van der Waals surface area contributed by atoms with Crippen molar-refractivity contribution in [3.05, 3.63) is 12.5 Å². The zero-order valence-electron chi connectivity index (χ0n) is 11.9. The fourth-order valence-electron chi connectivity index (χ4n) is 1.01. The van der Waals surface area contributed by atoms with Crippen molar-refractivity contribution in [2.24, 2.45) is 10.8 Å². The zero-order valence-corrected chi connectivity index (χ0v) is 11.9. The summed E-state index contributed by atoms with van der Waals surface area (Å²) in [6, 6.07) is 0. The molecule has 0 rings (SSSR count). The average Bonchev–Trinajstić information content (AvgIpc) is 2.32. The predicted molar refractivity (Wildman–Crippen MR) is 71.0 cm³/mol. The van der Waals surface area contributed by atoms with Gasteiger partial charge in [-0.15, -0.1) is 0 Å². The third-order valence-corrected chi connectivity index (χ3v) is 2.76. The molecule has 0 spiro atoms. The molecular weight excluding hydrogens is 232 g/mol. The van der Waals surface area contributed by atoms with Gasteiger partial charge in [0.1, 0.15) is 18.8 Å². The highest BCUT2D eigenvalue weighted by Gasteiger charge is 2.16. The SMILES string of the molecule is CC(C)(C=O)CCO/C=C/OCCC(C)(C)CO. The summed E-state index contributed by atoms with van der Waals surface area (Å²) >= 11 is 0. The van der Waals surface area contributed by atoms with Crippen molar-refractivity contribution < 1.29 is 19.4 Å². The lowest BCUT2D eigenvalue weighted by atomic mass is 9.91. The van der Waals surface area contributed by atoms with Crippen molar-refractivity contribution in [2.45, 2.75) is 40.5 Å². The van der Waals surface area contributed by atoms with E-state index in [0.29, 0.717) is 19.6 Å². The van der Waals surface area contributed by atoms with Crippen LogP contribution in [0.1, 0.15) is 40.5 Å². The van der Waals surface area contributed by atoms with Crippen LogP contribution in [0, 0.1) is 10.8 Å². The Labute approximate surface area is 110 Å². The number of carbonyl (C=O) groups is 1. The Morgan fingerprint density at radius 3 is 1.94 bits per heavy atom. The molecule has 106 valence electrons. The Kier molecular flexibility index (Phi) is 7.67. The normalized spacial score (nSPS) is 12.7. The van der Waals surface area contributed by atoms with Crippen molar-refractivity contribution in [2.75, 3.05) is 19.8 Å². The molecule has 18 heavy (non-hydrogen) atoms. The number of ether oxygens (including phenoxy) is 2. The summed E-state index contributed by atoms with van der Waals surface area (Å²) in [4.78, 5) is 10.6. The summed E-state index contributed by atoms with van der Waals surface area (Å²) < 4.78 is 10.5. The summed E-state index contributed by atoms with van der Waals surface area (Å²) in [6.07, 6.45) is 5.39. The van der Waals surface area contributed by atoms with Crippen LogP contribution >= 0.6 is 0 Å². The summed E-state index contributed by atoms with van der Waals surface area (Å²) in [5, 5.41) is 9.04. The molecule has 4 heteroatoms. The predicted octanol–water partition coefficient (Wildman–Crippen LogP) is 2.51. The van der Waals surface area contributed by atoms with Gasteiger partial charge in [-0.05, 0) is 18.3 Å². The van der Waals surface area contributed by atoms with Crippen LogP contribution in [0.5, 0.6) is 0 Å². The molecule has 1 N–H and O–H groups in total. The Hall–Kier alpha value is -1.03. The molecular formula is C14H26O4. The van der Waals surface area contributed by atoms with Gasteiger partial charge in [0.25, 0.3) is 0 Å². The Morgan fingerprint density at radius 2 is 1.50 bits per heavy atom. The monoisotopic (exact) mass is 258 g/mol. The van der Waals surface area contributed by atoms with Gasteiger partial charge in [0, 0.05) is 12.0 Å². The first kappa shape index (κ1) is 17.0. The van der Waals surface area contributed by atoms with Gasteiger partial charge in [-0.2, -0.15) is 0 Å². The first-order valence-corrected chi connectivity index (χ1v) is 6.28. The van der Waals surface area contributed by atoms with E-state index in [1.807, 2.05) is 27.7 Å². The van der Waals surface area contributed by atoms with Crippen LogP contribution in [0.3, 0.4) is 0 Å². The molecule has 0 amide bonds. The van der Waals surface area contributed by atoms with Crippen LogP contribution in [0.4, 0.5) is 0 Å². The van der Waals surface area contributed by atoms with Crippen molar-refractivity contribution in [3.8, 4) is 0 Å². The number of aliphatic hydroxyl groups excluding tert-OH is 1. The summed E-state index contributed by atoms with van der Waals surface area (Å²) in [5.41, 5.74) is -0.442. The van der Waals surface area contributed by atoms with E-state index >= 15 is 0 Å². The highest BCUT2D eigenvalue weighted by atomic mass is 16.5. The fraction of sp³-hybridized carbons (Fsp3) is 0.786. The maximum absolute atomic E-state index is 10.6. The van der Waals surface area contributed by atoms with E-state index in [2.05, 4.69) is 0 Å². The van der Waals surface area contributed by atoms with E-state index < -0.39 is 0 Å². The topological polar surface area (TPSA) is 55.8 Å². The number of carbonyl (C=O) groups excluding carboxylic acids is 1. The third kappa shape index (κ3) is 9.05. The smallest absolute Gasteiger partial charge is 0.125 e. The molecule has 0 aromatic carbocycles. The largest absolute Gasteiger partial charge is 0.498 e. The van der Waals surface area contributed by atoms with E-state index in [0.717, 1.165) is 12.7 Å². The number of aldehydes is 1. The number of hydrogen-bond donors (Lipinski definition) is 1. The Bertz CT molecular complexity index is 257. The molecule has 0 aliphatic heterocycles. The highest BCUT2D eigenvalue weighted by molar-refractivity contribution is 5.57. The Morgan fingerprint density at radius 1 is 1.00 bits per heavy atom. The quantitative estimate of drug-likeness (QED) is 0.371. The van der Waals surface area contributed by atoms with Gasteiger partial charge >= 0.3 is 0 Å². The lowest BCUT2D eigenvalue weighted by molar-refractivity contribution is -0.115. The number of aliphatic hydroxyl groups is 1. The first-order chi connectivity index (χ1) is 8.33. The molecule has 0 atom stereocenters. The molecule has 4 nitrogen and oxygen atoms in total. The minimum Gasteiger partial charge on any atom is -0.498 e. The van der Waals surface area contributed by atoms with Crippen molar-refractivity contribution in [3.63, 3.8) is 0 Å². The average molecular weight is 258 g/mol. The maximum Gasteiger partial charge on any atom is 0.125 e. The number of rotatable bonds is 10. The second kappa shape index (κ2) is 8.14. The maximum atomic E-state index is 10.6. The van der Waals surface area contributed by atoms with Crippen LogP contribution < -0.4 is 0 Å². The molecule has 0 saturated carbocycles. The summed E-state index contributed by atoms with van der Waals surface area (Å²) in [6.45, 7) is 8.91. The van der Waals surface area contributed by atoms with Gasteiger partial charge in [0.2, 0.25) is 0 Å². The lowest BCUT2D eigenvalue weighted by Crippen LogP contribution is -2.18. The molecule has 0 aliphatic carbocycles. The van der Waals surface area contributed by atoms with Crippen molar-refractivity contribution >= 4 is 6.29 Å². The van der Waals surface area contributed by atoms with Gasteiger partial charge in [-0.3, -0.25) is 0 Å². The Balaban J connectivity index is 3.53. The van der Waals surface area contributed by atoms with E-state index in [1.54, 1.807) is 0 Å².